The molecule has 0 amide bonds. The number of alkyl halides is 3. The van der Waals surface area contributed by atoms with E-state index in [-0.39, 0.29) is 18.1 Å². The normalized spacial score (nSPS) is 15.9. The maximum absolute atomic E-state index is 13.6. The van der Waals surface area contributed by atoms with Gasteiger partial charge in [0.1, 0.15) is 5.75 Å². The highest BCUT2D eigenvalue weighted by Crippen LogP contribution is 2.38. The van der Waals surface area contributed by atoms with Crippen molar-refractivity contribution < 1.29 is 27.8 Å². The molecular weight excluding hydrogens is 567 g/mol. The zero-order valence-electron chi connectivity index (χ0n) is 23.9. The molecule has 0 saturated carbocycles. The van der Waals surface area contributed by atoms with Gasteiger partial charge in [-0.1, -0.05) is 67.1 Å². The van der Waals surface area contributed by atoms with E-state index < -0.39 is 23.4 Å². The third kappa shape index (κ3) is 8.18. The number of carboxylic acid groups (broad SMARTS) is 1. The number of piperazine rings is 1. The van der Waals surface area contributed by atoms with E-state index in [4.69, 9.17) is 21.4 Å². The van der Waals surface area contributed by atoms with Crippen LogP contribution in [0, 0.1) is 0 Å². The van der Waals surface area contributed by atoms with Gasteiger partial charge in [-0.3, -0.25) is 14.6 Å². The molecule has 0 bridgehead atoms. The minimum Gasteiger partial charge on any atom is -0.480 e. The monoisotopic (exact) mass is 603 g/mol. The standard InChI is InChI=1S/C32H37ClF3N3O3/c1-3-31(2,42-27-13-8-12-26(21-27)38-19-17-37(18-20-38)23-29(40)41)39(16-15-24-9-5-4-6-10-24)22-25-11-7-14-28(30(25)33)32(34,35)36/h4-14,21H,3,15-20,22-23H2,1-2H3,(H,40,41)/t31-/m1/s1. The van der Waals surface area contributed by atoms with Gasteiger partial charge in [0.2, 0.25) is 0 Å². The molecule has 1 N–H and O–H groups in total. The van der Waals surface area contributed by atoms with E-state index >= 15 is 0 Å². The molecule has 1 saturated heterocycles. The van der Waals surface area contributed by atoms with Crippen LogP contribution < -0.4 is 9.64 Å². The first-order valence-electron chi connectivity index (χ1n) is 14.1. The lowest BCUT2D eigenvalue weighted by Gasteiger charge is -2.41. The molecule has 42 heavy (non-hydrogen) atoms. The molecule has 1 aliphatic rings. The van der Waals surface area contributed by atoms with Crippen LogP contribution >= 0.6 is 11.6 Å². The molecule has 1 fully saturated rings. The van der Waals surface area contributed by atoms with E-state index in [1.807, 2.05) is 73.3 Å². The number of hydrogen-bond acceptors (Lipinski definition) is 5. The smallest absolute Gasteiger partial charge is 0.417 e. The summed E-state index contributed by atoms with van der Waals surface area (Å²) in [6.07, 6.45) is -3.31. The van der Waals surface area contributed by atoms with Gasteiger partial charge in [-0.25, -0.2) is 0 Å². The van der Waals surface area contributed by atoms with E-state index in [2.05, 4.69) is 9.80 Å². The fourth-order valence-corrected chi connectivity index (χ4v) is 5.52. The number of rotatable bonds is 12. The fraction of sp³-hybridized carbons (Fsp3) is 0.406. The first-order chi connectivity index (χ1) is 20.0. The third-order valence-corrected chi connectivity index (χ3v) is 8.28. The number of benzene rings is 3. The molecule has 10 heteroatoms. The molecule has 1 heterocycles. The highest BCUT2D eigenvalue weighted by atomic mass is 35.5. The number of hydrogen-bond donors (Lipinski definition) is 1. The summed E-state index contributed by atoms with van der Waals surface area (Å²) < 4.78 is 47.6. The van der Waals surface area contributed by atoms with E-state index in [1.165, 1.54) is 6.07 Å². The average molecular weight is 604 g/mol. The summed E-state index contributed by atoms with van der Waals surface area (Å²) in [7, 11) is 0. The Morgan fingerprint density at radius 3 is 2.33 bits per heavy atom. The molecule has 0 aromatic heterocycles. The van der Waals surface area contributed by atoms with Crippen LogP contribution in [0.3, 0.4) is 0 Å². The Hall–Kier alpha value is -3.27. The van der Waals surface area contributed by atoms with E-state index in [0.29, 0.717) is 56.9 Å². The molecule has 1 aliphatic heterocycles. The van der Waals surface area contributed by atoms with Crippen molar-refractivity contribution in [2.45, 2.75) is 45.1 Å². The van der Waals surface area contributed by atoms with Crippen molar-refractivity contribution in [2.75, 3.05) is 44.2 Å². The molecule has 3 aromatic rings. The molecule has 0 aliphatic carbocycles. The van der Waals surface area contributed by atoms with Gasteiger partial charge >= 0.3 is 12.1 Å². The number of aliphatic carboxylic acids is 1. The van der Waals surface area contributed by atoms with Crippen LogP contribution in [0.4, 0.5) is 18.9 Å². The van der Waals surface area contributed by atoms with Crippen molar-refractivity contribution in [3.05, 3.63) is 94.5 Å². The van der Waals surface area contributed by atoms with Crippen molar-refractivity contribution >= 4 is 23.3 Å². The van der Waals surface area contributed by atoms with Gasteiger partial charge in [-0.15, -0.1) is 0 Å². The van der Waals surface area contributed by atoms with Gasteiger partial charge in [0.25, 0.3) is 0 Å². The Balaban J connectivity index is 1.57. The van der Waals surface area contributed by atoms with Crippen LogP contribution in [-0.2, 0) is 23.9 Å². The summed E-state index contributed by atoms with van der Waals surface area (Å²) in [6, 6.07) is 21.7. The number of carbonyl (C=O) groups is 1. The predicted molar refractivity (Wildman–Crippen MR) is 159 cm³/mol. The van der Waals surface area contributed by atoms with Gasteiger partial charge in [0.05, 0.1) is 17.1 Å². The van der Waals surface area contributed by atoms with Gasteiger partial charge in [0.15, 0.2) is 5.72 Å². The van der Waals surface area contributed by atoms with Crippen LogP contribution in [0.2, 0.25) is 5.02 Å². The molecular formula is C32H37ClF3N3O3. The largest absolute Gasteiger partial charge is 0.480 e. The summed E-state index contributed by atoms with van der Waals surface area (Å²) in [6.45, 7) is 7.37. The second-order valence-electron chi connectivity index (χ2n) is 10.7. The zero-order valence-corrected chi connectivity index (χ0v) is 24.7. The average Bonchev–Trinajstić information content (AvgIpc) is 2.96. The van der Waals surface area contributed by atoms with Gasteiger partial charge < -0.3 is 14.7 Å². The summed E-state index contributed by atoms with van der Waals surface area (Å²) in [5.41, 5.74) is 0.763. The molecule has 6 nitrogen and oxygen atoms in total. The first kappa shape index (κ1) is 31.7. The van der Waals surface area contributed by atoms with Gasteiger partial charge in [-0.05, 0) is 49.1 Å². The number of halogens is 4. The van der Waals surface area contributed by atoms with Gasteiger partial charge in [-0.2, -0.15) is 13.2 Å². The minimum absolute atomic E-state index is 0.0283. The maximum atomic E-state index is 13.6. The lowest BCUT2D eigenvalue weighted by atomic mass is 10.0. The Morgan fingerprint density at radius 2 is 1.69 bits per heavy atom. The van der Waals surface area contributed by atoms with Crippen LogP contribution in [0.15, 0.2) is 72.8 Å². The lowest BCUT2D eigenvalue weighted by Crippen LogP contribution is -2.51. The van der Waals surface area contributed by atoms with Crippen LogP contribution in [0.5, 0.6) is 5.75 Å². The summed E-state index contributed by atoms with van der Waals surface area (Å²) in [5.74, 6) is -0.189. The van der Waals surface area contributed by atoms with Gasteiger partial charge in [0, 0.05) is 51.0 Å². The van der Waals surface area contributed by atoms with Crippen molar-refractivity contribution in [3.8, 4) is 5.75 Å². The van der Waals surface area contributed by atoms with Crippen molar-refractivity contribution in [1.82, 2.24) is 9.80 Å². The summed E-state index contributed by atoms with van der Waals surface area (Å²) in [4.78, 5) is 17.2. The Morgan fingerprint density at radius 1 is 1.00 bits per heavy atom. The molecule has 0 spiro atoms. The highest BCUT2D eigenvalue weighted by Gasteiger charge is 2.36. The van der Waals surface area contributed by atoms with Crippen LogP contribution in [0.1, 0.15) is 37.0 Å². The zero-order chi connectivity index (χ0) is 30.3. The van der Waals surface area contributed by atoms with E-state index in [1.54, 1.807) is 6.07 Å². The van der Waals surface area contributed by atoms with Crippen molar-refractivity contribution in [3.63, 3.8) is 0 Å². The second-order valence-corrected chi connectivity index (χ2v) is 11.1. The highest BCUT2D eigenvalue weighted by molar-refractivity contribution is 6.32. The first-order valence-corrected chi connectivity index (χ1v) is 14.5. The predicted octanol–water partition coefficient (Wildman–Crippen LogP) is 6.82. The fourth-order valence-electron chi connectivity index (χ4n) is 5.23. The minimum atomic E-state index is -4.55. The molecule has 226 valence electrons. The Labute approximate surface area is 250 Å². The van der Waals surface area contributed by atoms with Crippen LogP contribution in [-0.4, -0.2) is 65.9 Å². The molecule has 0 radical (unpaired) electrons. The Kier molecular flexibility index (Phi) is 10.4. The third-order valence-electron chi connectivity index (χ3n) is 7.84. The summed E-state index contributed by atoms with van der Waals surface area (Å²) in [5, 5.41) is 8.79. The summed E-state index contributed by atoms with van der Waals surface area (Å²) >= 11 is 6.32. The molecule has 3 aromatic carbocycles. The van der Waals surface area contributed by atoms with E-state index in [9.17, 15) is 18.0 Å². The number of ether oxygens (including phenoxy) is 1. The van der Waals surface area contributed by atoms with Crippen molar-refractivity contribution in [2.24, 2.45) is 0 Å². The molecule has 1 atom stereocenters. The lowest BCUT2D eigenvalue weighted by molar-refractivity contribution is -0.139. The number of carboxylic acids is 1. The van der Waals surface area contributed by atoms with E-state index in [0.717, 1.165) is 17.3 Å². The van der Waals surface area contributed by atoms with Crippen LogP contribution in [0.25, 0.3) is 0 Å². The second kappa shape index (κ2) is 13.8. The topological polar surface area (TPSA) is 56.3 Å². The Bertz CT molecular complexity index is 1330. The number of anilines is 1. The van der Waals surface area contributed by atoms with Crippen molar-refractivity contribution in [1.29, 1.82) is 0 Å². The quantitative estimate of drug-likeness (QED) is 0.229. The molecule has 4 rings (SSSR count). The number of nitrogens with zero attached hydrogens (tertiary/aromatic N) is 3. The molecule has 0 unspecified atom stereocenters. The SMILES string of the molecule is CC[C@@](C)(Oc1cccc(N2CCN(CC(=O)O)CC2)c1)N(CCc1ccccc1)Cc1cccc(C(F)(F)F)c1Cl. The maximum Gasteiger partial charge on any atom is 0.417 e.